The molecule has 40 heavy (non-hydrogen) atoms. The van der Waals surface area contributed by atoms with Gasteiger partial charge in [-0.3, -0.25) is 4.79 Å². The zero-order valence-corrected chi connectivity index (χ0v) is 24.6. The van der Waals surface area contributed by atoms with Crippen molar-refractivity contribution in [1.82, 2.24) is 15.1 Å². The molecule has 1 aromatic carbocycles. The van der Waals surface area contributed by atoms with Gasteiger partial charge in [0.25, 0.3) is 5.91 Å². The van der Waals surface area contributed by atoms with E-state index in [1.165, 1.54) is 0 Å². The summed E-state index contributed by atoms with van der Waals surface area (Å²) in [6, 6.07) is 5.61. The van der Waals surface area contributed by atoms with Gasteiger partial charge >= 0.3 is 6.09 Å². The van der Waals surface area contributed by atoms with Gasteiger partial charge in [0.2, 0.25) is 0 Å². The van der Waals surface area contributed by atoms with Crippen molar-refractivity contribution in [3.63, 3.8) is 0 Å². The third kappa shape index (κ3) is 8.24. The summed E-state index contributed by atoms with van der Waals surface area (Å²) in [6.07, 6.45) is 4.52. The van der Waals surface area contributed by atoms with Crippen LogP contribution in [0.1, 0.15) is 56.3 Å². The van der Waals surface area contributed by atoms with Crippen molar-refractivity contribution in [1.29, 1.82) is 0 Å². The van der Waals surface area contributed by atoms with E-state index in [0.717, 1.165) is 51.8 Å². The van der Waals surface area contributed by atoms with Crippen LogP contribution in [0, 0.1) is 11.8 Å². The van der Waals surface area contributed by atoms with Crippen LogP contribution in [0.25, 0.3) is 0 Å². The predicted molar refractivity (Wildman–Crippen MR) is 151 cm³/mol. The van der Waals surface area contributed by atoms with Crippen molar-refractivity contribution in [2.75, 3.05) is 66.8 Å². The standard InChI is InChI=1S/C30H47N3O7/c1-21(2)32(29(34)22-8-11-27(37-4)28(15-22)39-14-6-12-36-3)18-23-16-31-17-24(23)19-33(25-9-10-25)30(35)40-20-26-7-5-13-38-26/h8,11,15,21,23-26,31H,5-7,9-10,12-14,16-20H2,1-4H3/t23-,24-,26?/m0/s1. The predicted octanol–water partition coefficient (Wildman–Crippen LogP) is 3.58. The van der Waals surface area contributed by atoms with Crippen molar-refractivity contribution in [2.24, 2.45) is 11.8 Å². The van der Waals surface area contributed by atoms with Crippen molar-refractivity contribution >= 4 is 12.0 Å². The number of nitrogens with one attached hydrogen (secondary N) is 1. The van der Waals surface area contributed by atoms with Gasteiger partial charge in [0.15, 0.2) is 11.5 Å². The first-order chi connectivity index (χ1) is 19.4. The minimum absolute atomic E-state index is 0.0119. The van der Waals surface area contributed by atoms with E-state index in [2.05, 4.69) is 5.32 Å². The van der Waals surface area contributed by atoms with Gasteiger partial charge in [-0.05, 0) is 69.6 Å². The van der Waals surface area contributed by atoms with E-state index in [4.69, 9.17) is 23.7 Å². The minimum Gasteiger partial charge on any atom is -0.493 e. The van der Waals surface area contributed by atoms with E-state index in [1.54, 1.807) is 32.4 Å². The van der Waals surface area contributed by atoms with Crippen LogP contribution in [-0.4, -0.2) is 107 Å². The molecule has 4 rings (SSSR count). The van der Waals surface area contributed by atoms with E-state index in [0.29, 0.717) is 50.0 Å². The molecule has 1 aliphatic carbocycles. The summed E-state index contributed by atoms with van der Waals surface area (Å²) in [5.41, 5.74) is 0.566. The van der Waals surface area contributed by atoms with Crippen LogP contribution in [0.2, 0.25) is 0 Å². The molecular formula is C30H47N3O7. The van der Waals surface area contributed by atoms with Crippen molar-refractivity contribution in [3.05, 3.63) is 23.8 Å². The van der Waals surface area contributed by atoms with Crippen molar-refractivity contribution in [2.45, 2.75) is 64.1 Å². The van der Waals surface area contributed by atoms with Crippen LogP contribution in [0.15, 0.2) is 18.2 Å². The van der Waals surface area contributed by atoms with Gasteiger partial charge in [-0.2, -0.15) is 0 Å². The van der Waals surface area contributed by atoms with Gasteiger partial charge in [0.05, 0.1) is 19.8 Å². The molecule has 2 saturated heterocycles. The van der Waals surface area contributed by atoms with Crippen LogP contribution < -0.4 is 14.8 Å². The fourth-order valence-electron chi connectivity index (χ4n) is 5.50. The number of ether oxygens (including phenoxy) is 5. The average molecular weight is 562 g/mol. The van der Waals surface area contributed by atoms with Crippen LogP contribution in [0.5, 0.6) is 11.5 Å². The smallest absolute Gasteiger partial charge is 0.410 e. The monoisotopic (exact) mass is 561 g/mol. The number of amides is 2. The Hall–Kier alpha value is -2.56. The van der Waals surface area contributed by atoms with Gasteiger partial charge < -0.3 is 38.8 Å². The van der Waals surface area contributed by atoms with Gasteiger partial charge in [0.1, 0.15) is 6.61 Å². The number of hydrogen-bond donors (Lipinski definition) is 1. The molecule has 0 bridgehead atoms. The summed E-state index contributed by atoms with van der Waals surface area (Å²) in [5, 5.41) is 3.50. The zero-order chi connectivity index (χ0) is 28.5. The fraction of sp³-hybridized carbons (Fsp3) is 0.733. The number of methoxy groups -OCH3 is 2. The van der Waals surface area contributed by atoms with Gasteiger partial charge in [-0.25, -0.2) is 4.79 Å². The van der Waals surface area contributed by atoms with E-state index in [9.17, 15) is 9.59 Å². The normalized spacial score (nSPS) is 22.4. The second kappa shape index (κ2) is 14.9. The summed E-state index contributed by atoms with van der Waals surface area (Å²) in [5.74, 6) is 1.56. The Balaban J connectivity index is 1.39. The molecule has 1 saturated carbocycles. The quantitative estimate of drug-likeness (QED) is 0.325. The van der Waals surface area contributed by atoms with E-state index in [1.807, 2.05) is 23.6 Å². The van der Waals surface area contributed by atoms with E-state index < -0.39 is 0 Å². The highest BCUT2D eigenvalue weighted by atomic mass is 16.6. The molecule has 2 heterocycles. The molecular weight excluding hydrogens is 514 g/mol. The number of hydrogen-bond acceptors (Lipinski definition) is 8. The maximum atomic E-state index is 13.8. The molecule has 1 aromatic rings. The molecule has 3 atom stereocenters. The molecule has 2 aliphatic heterocycles. The maximum absolute atomic E-state index is 13.8. The highest BCUT2D eigenvalue weighted by molar-refractivity contribution is 5.95. The summed E-state index contributed by atoms with van der Waals surface area (Å²) in [6.45, 7) is 9.08. The second-order valence-corrected chi connectivity index (χ2v) is 11.4. The average Bonchev–Trinajstić information content (AvgIpc) is 3.47. The second-order valence-electron chi connectivity index (χ2n) is 11.4. The molecule has 3 fully saturated rings. The first kappa shape index (κ1) is 30.4. The lowest BCUT2D eigenvalue weighted by atomic mass is 9.94. The summed E-state index contributed by atoms with van der Waals surface area (Å²) < 4.78 is 27.8. The van der Waals surface area contributed by atoms with Crippen molar-refractivity contribution < 1.29 is 33.3 Å². The maximum Gasteiger partial charge on any atom is 0.410 e. The summed E-state index contributed by atoms with van der Waals surface area (Å²) in [4.78, 5) is 30.6. The summed E-state index contributed by atoms with van der Waals surface area (Å²) in [7, 11) is 3.25. The third-order valence-corrected chi connectivity index (χ3v) is 8.03. The molecule has 0 radical (unpaired) electrons. The molecule has 1 N–H and O–H groups in total. The highest BCUT2D eigenvalue weighted by Gasteiger charge is 2.39. The lowest BCUT2D eigenvalue weighted by Gasteiger charge is -2.33. The van der Waals surface area contributed by atoms with Crippen molar-refractivity contribution in [3.8, 4) is 11.5 Å². The lowest BCUT2D eigenvalue weighted by Crippen LogP contribution is -2.45. The van der Waals surface area contributed by atoms with E-state index >= 15 is 0 Å². The molecule has 0 aromatic heterocycles. The first-order valence-corrected chi connectivity index (χ1v) is 14.8. The number of carbonyl (C=O) groups excluding carboxylic acids is 2. The topological polar surface area (TPSA) is 98.8 Å². The van der Waals surface area contributed by atoms with E-state index in [-0.39, 0.29) is 42.0 Å². The molecule has 224 valence electrons. The molecule has 0 spiro atoms. The molecule has 2 amide bonds. The van der Waals surface area contributed by atoms with Gasteiger partial charge in [-0.1, -0.05) is 0 Å². The lowest BCUT2D eigenvalue weighted by molar-refractivity contribution is 0.0259. The number of rotatable bonds is 15. The van der Waals surface area contributed by atoms with Gasteiger partial charge in [-0.15, -0.1) is 0 Å². The van der Waals surface area contributed by atoms with Crippen LogP contribution >= 0.6 is 0 Å². The Morgan fingerprint density at radius 3 is 2.48 bits per heavy atom. The Labute approximate surface area is 238 Å². The molecule has 10 nitrogen and oxygen atoms in total. The Bertz CT molecular complexity index is 965. The van der Waals surface area contributed by atoms with Crippen LogP contribution in [0.4, 0.5) is 4.79 Å². The molecule has 3 aliphatic rings. The SMILES string of the molecule is COCCCOc1cc(C(=O)N(C[C@@H]2CNC[C@H]2CN(C(=O)OCC2CCCO2)C2CC2)C(C)C)ccc1OC. The minimum atomic E-state index is -0.239. The van der Waals surface area contributed by atoms with Crippen LogP contribution in [0.3, 0.4) is 0 Å². The zero-order valence-electron chi connectivity index (χ0n) is 24.6. The van der Waals surface area contributed by atoms with Gasteiger partial charge in [0, 0.05) is 70.6 Å². The Kier molecular flexibility index (Phi) is 11.3. The molecule has 10 heteroatoms. The number of nitrogens with zero attached hydrogens (tertiary/aromatic N) is 2. The number of carbonyl (C=O) groups is 2. The Morgan fingerprint density at radius 2 is 1.82 bits per heavy atom. The fourth-order valence-corrected chi connectivity index (χ4v) is 5.50. The Morgan fingerprint density at radius 1 is 1.05 bits per heavy atom. The third-order valence-electron chi connectivity index (χ3n) is 8.03. The molecule has 1 unspecified atom stereocenters. The summed E-state index contributed by atoms with van der Waals surface area (Å²) >= 11 is 0. The first-order valence-electron chi connectivity index (χ1n) is 14.8. The number of benzene rings is 1. The largest absolute Gasteiger partial charge is 0.493 e. The highest BCUT2D eigenvalue weighted by Crippen LogP contribution is 2.32. The van der Waals surface area contributed by atoms with Crippen LogP contribution in [-0.2, 0) is 14.2 Å².